The number of nitrogens with zero attached hydrogens (tertiary/aromatic N) is 1. The molecule has 4 rings (SSSR count). The highest BCUT2D eigenvalue weighted by Gasteiger charge is 2.24. The zero-order chi connectivity index (χ0) is 22.5. The molecule has 2 aromatic carbocycles. The van der Waals surface area contributed by atoms with Crippen LogP contribution in [0.3, 0.4) is 0 Å². The third-order valence-corrected chi connectivity index (χ3v) is 6.99. The van der Waals surface area contributed by atoms with E-state index in [0.29, 0.717) is 12.0 Å². The van der Waals surface area contributed by atoms with Gasteiger partial charge in [-0.3, -0.25) is 9.29 Å². The van der Waals surface area contributed by atoms with Gasteiger partial charge in [0, 0.05) is 24.1 Å². The number of likely N-dealkylation sites (tertiary alicyclic amines) is 1. The molecule has 2 aliphatic rings. The number of carbonyl (C=O) groups is 1. The third-order valence-electron chi connectivity index (χ3n) is 6.19. The molecule has 1 aliphatic heterocycles. The van der Waals surface area contributed by atoms with Gasteiger partial charge in [0.15, 0.2) is 0 Å². The first kappa shape index (κ1) is 23.0. The van der Waals surface area contributed by atoms with Crippen LogP contribution in [0.2, 0.25) is 0 Å². The Balaban J connectivity index is 1.52. The highest BCUT2D eigenvalue weighted by molar-refractivity contribution is 9.11. The molecular formula is C26H29BrFNO3. The lowest BCUT2D eigenvalue weighted by molar-refractivity contribution is 0.0600. The molecule has 1 saturated heterocycles. The van der Waals surface area contributed by atoms with Crippen LogP contribution in [0, 0.1) is 0 Å². The normalized spacial score (nSPS) is 18.9. The van der Waals surface area contributed by atoms with Crippen molar-refractivity contribution in [3.63, 3.8) is 0 Å². The van der Waals surface area contributed by atoms with Gasteiger partial charge in [-0.05, 0) is 78.6 Å². The second-order valence-electron chi connectivity index (χ2n) is 8.39. The maximum Gasteiger partial charge on any atom is 0.337 e. The number of halogens is 2. The fourth-order valence-corrected chi connectivity index (χ4v) is 5.30. The zero-order valence-electron chi connectivity index (χ0n) is 18.4. The topological polar surface area (TPSA) is 38.8 Å². The number of hydrogen-bond acceptors (Lipinski definition) is 4. The van der Waals surface area contributed by atoms with Gasteiger partial charge in [-0.2, -0.15) is 0 Å². The summed E-state index contributed by atoms with van der Waals surface area (Å²) in [6, 6.07) is 14.1. The summed E-state index contributed by atoms with van der Waals surface area (Å²) in [5.41, 5.74) is 5.18. The molecule has 0 unspecified atom stereocenters. The number of aryl methyl sites for hydroxylation is 1. The van der Waals surface area contributed by atoms with Crippen molar-refractivity contribution in [1.29, 1.82) is 0 Å². The minimum absolute atomic E-state index is 0.154. The fraction of sp³-hybridized carbons (Fsp3) is 0.423. The van der Waals surface area contributed by atoms with Crippen molar-refractivity contribution >= 4 is 27.5 Å². The van der Waals surface area contributed by atoms with Gasteiger partial charge < -0.3 is 9.47 Å². The summed E-state index contributed by atoms with van der Waals surface area (Å²) in [4.78, 5) is 14.2. The first-order valence-electron chi connectivity index (χ1n) is 11.2. The van der Waals surface area contributed by atoms with Crippen molar-refractivity contribution in [2.24, 2.45) is 0 Å². The summed E-state index contributed by atoms with van der Waals surface area (Å²) < 4.78 is 24.7. The summed E-state index contributed by atoms with van der Waals surface area (Å²) in [7, 11) is 1.41. The van der Waals surface area contributed by atoms with Crippen LogP contribution in [0.4, 0.5) is 4.39 Å². The monoisotopic (exact) mass is 501 g/mol. The molecule has 0 amide bonds. The Labute approximate surface area is 197 Å². The van der Waals surface area contributed by atoms with E-state index in [1.807, 2.05) is 30.3 Å². The van der Waals surface area contributed by atoms with E-state index in [-0.39, 0.29) is 18.7 Å². The van der Waals surface area contributed by atoms with Gasteiger partial charge in [-0.25, -0.2) is 4.79 Å². The number of esters is 1. The van der Waals surface area contributed by atoms with Gasteiger partial charge >= 0.3 is 5.97 Å². The van der Waals surface area contributed by atoms with Gasteiger partial charge in [-0.15, -0.1) is 0 Å². The summed E-state index contributed by atoms with van der Waals surface area (Å²) in [5.74, 6) is 0.552. The van der Waals surface area contributed by atoms with E-state index in [4.69, 9.17) is 9.47 Å². The summed E-state index contributed by atoms with van der Waals surface area (Å²) in [6.07, 6.45) is 4.60. The lowest BCUT2D eigenvalue weighted by Crippen LogP contribution is -2.26. The van der Waals surface area contributed by atoms with Gasteiger partial charge in [0.1, 0.15) is 11.9 Å². The van der Waals surface area contributed by atoms with Gasteiger partial charge in [-0.1, -0.05) is 34.1 Å². The van der Waals surface area contributed by atoms with Gasteiger partial charge in [0.25, 0.3) is 0 Å². The molecule has 0 bridgehead atoms. The molecule has 2 aromatic rings. The minimum atomic E-state index is -0.307. The molecular weight excluding hydrogens is 473 g/mol. The molecule has 4 nitrogen and oxygen atoms in total. The summed E-state index contributed by atoms with van der Waals surface area (Å²) >= 11 is 3.81. The maximum atomic E-state index is 12.4. The van der Waals surface area contributed by atoms with Crippen LogP contribution in [-0.2, 0) is 11.2 Å². The molecule has 1 atom stereocenters. The fourth-order valence-electron chi connectivity index (χ4n) is 4.58. The molecule has 0 saturated carbocycles. The Bertz CT molecular complexity index is 989. The van der Waals surface area contributed by atoms with Crippen LogP contribution >= 0.6 is 15.9 Å². The number of alkyl halides is 1. The van der Waals surface area contributed by atoms with E-state index < -0.39 is 0 Å². The molecule has 0 N–H and O–H groups in total. The average molecular weight is 502 g/mol. The van der Waals surface area contributed by atoms with Crippen molar-refractivity contribution < 1.29 is 18.7 Å². The maximum absolute atomic E-state index is 12.4. The van der Waals surface area contributed by atoms with Crippen LogP contribution < -0.4 is 4.74 Å². The van der Waals surface area contributed by atoms with Crippen LogP contribution in [0.5, 0.6) is 5.75 Å². The van der Waals surface area contributed by atoms with Crippen LogP contribution in [-0.4, -0.2) is 50.4 Å². The first-order valence-corrected chi connectivity index (χ1v) is 12.0. The van der Waals surface area contributed by atoms with E-state index in [0.717, 1.165) is 67.8 Å². The quantitative estimate of drug-likeness (QED) is 0.451. The molecule has 1 aliphatic carbocycles. The standard InChI is InChI=1S/C26H29BrFNO3/c1-31-26(30)20-8-11-23-19(16-20)4-2-5-24(27)25(23)18-6-9-21(10-7-18)32-22-12-15-29(17-22)14-3-13-28/h6-11,16,22H,2-5,12-15,17H2,1H3/t22-/m0/s1. The molecule has 1 heterocycles. The first-order chi connectivity index (χ1) is 15.6. The number of allylic oxidation sites excluding steroid dienone is 1. The highest BCUT2D eigenvalue weighted by atomic mass is 79.9. The lowest BCUT2D eigenvalue weighted by Gasteiger charge is -2.17. The van der Waals surface area contributed by atoms with Crippen molar-refractivity contribution in [3.05, 3.63) is 69.2 Å². The Morgan fingerprint density at radius 3 is 2.75 bits per heavy atom. The van der Waals surface area contributed by atoms with E-state index in [9.17, 15) is 9.18 Å². The Kier molecular flexibility index (Phi) is 7.63. The van der Waals surface area contributed by atoms with E-state index in [1.54, 1.807) is 0 Å². The number of hydrogen-bond donors (Lipinski definition) is 0. The van der Waals surface area contributed by atoms with Crippen molar-refractivity contribution in [2.45, 2.75) is 38.2 Å². The number of methoxy groups -OCH3 is 1. The largest absolute Gasteiger partial charge is 0.489 e. The lowest BCUT2D eigenvalue weighted by atomic mass is 9.92. The molecule has 0 aromatic heterocycles. The highest BCUT2D eigenvalue weighted by Crippen LogP contribution is 2.38. The average Bonchev–Trinajstić information content (AvgIpc) is 3.19. The molecule has 32 heavy (non-hydrogen) atoms. The van der Waals surface area contributed by atoms with E-state index in [2.05, 4.69) is 33.0 Å². The van der Waals surface area contributed by atoms with E-state index >= 15 is 0 Å². The minimum Gasteiger partial charge on any atom is -0.489 e. The van der Waals surface area contributed by atoms with Crippen molar-refractivity contribution in [2.75, 3.05) is 33.4 Å². The molecule has 170 valence electrons. The van der Waals surface area contributed by atoms with Gasteiger partial charge in [0.2, 0.25) is 0 Å². The predicted octanol–water partition coefficient (Wildman–Crippen LogP) is 5.78. The van der Waals surface area contributed by atoms with E-state index in [1.165, 1.54) is 17.2 Å². The Morgan fingerprint density at radius 2 is 2.00 bits per heavy atom. The van der Waals surface area contributed by atoms with Crippen LogP contribution in [0.25, 0.3) is 5.57 Å². The zero-order valence-corrected chi connectivity index (χ0v) is 20.0. The smallest absolute Gasteiger partial charge is 0.337 e. The SMILES string of the molecule is COC(=O)c1ccc2c(c1)CCCC(Br)=C2c1ccc(O[C@H]2CCN(CCCF)C2)cc1. The second kappa shape index (κ2) is 10.6. The van der Waals surface area contributed by atoms with Gasteiger partial charge in [0.05, 0.1) is 19.3 Å². The number of ether oxygens (including phenoxy) is 2. The predicted molar refractivity (Wildman–Crippen MR) is 128 cm³/mol. The Morgan fingerprint density at radius 1 is 1.19 bits per heavy atom. The van der Waals surface area contributed by atoms with Crippen LogP contribution in [0.1, 0.15) is 52.7 Å². The number of benzene rings is 2. The van der Waals surface area contributed by atoms with Crippen LogP contribution in [0.15, 0.2) is 46.9 Å². The number of rotatable bonds is 7. The summed E-state index contributed by atoms with van der Waals surface area (Å²) in [6.45, 7) is 2.36. The van der Waals surface area contributed by atoms with Crippen molar-refractivity contribution in [3.8, 4) is 5.75 Å². The third kappa shape index (κ3) is 5.24. The number of carbonyl (C=O) groups excluding carboxylic acids is 1. The molecule has 0 spiro atoms. The molecule has 1 fully saturated rings. The number of fused-ring (bicyclic) bond motifs is 1. The van der Waals surface area contributed by atoms with Crippen molar-refractivity contribution in [1.82, 2.24) is 4.90 Å². The Hall–Kier alpha value is -2.18. The molecule has 0 radical (unpaired) electrons. The second-order valence-corrected chi connectivity index (χ2v) is 9.35. The molecule has 6 heteroatoms. The summed E-state index contributed by atoms with van der Waals surface area (Å²) in [5, 5.41) is 0.